The fraction of sp³-hybridized carbons (Fsp3) is 0.188. The van der Waals surface area contributed by atoms with Crippen LogP contribution in [-0.4, -0.2) is 17.6 Å². The molecule has 4 heteroatoms. The Bertz CT molecular complexity index is 606. The summed E-state index contributed by atoms with van der Waals surface area (Å²) >= 11 is 1.59. The van der Waals surface area contributed by atoms with Crippen molar-refractivity contribution in [2.45, 2.75) is 13.0 Å². The summed E-state index contributed by atoms with van der Waals surface area (Å²) in [5.74, 6) is 5.45. The standard InChI is InChI=1S/C16H15NO2S/c18-8-1-2-13-3-5-14(6-4-13)11-17-16(19)10-15-7-9-20-12-15/h3-7,9,12,18H,8,10-11H2,(H,17,19). The minimum atomic E-state index is -0.139. The van der Waals surface area contributed by atoms with Crippen molar-refractivity contribution in [3.05, 3.63) is 57.8 Å². The van der Waals surface area contributed by atoms with E-state index in [4.69, 9.17) is 5.11 Å². The molecule has 0 bridgehead atoms. The van der Waals surface area contributed by atoms with Crippen LogP contribution in [0.1, 0.15) is 16.7 Å². The molecule has 2 aromatic rings. The summed E-state index contributed by atoms with van der Waals surface area (Å²) < 4.78 is 0. The molecule has 0 unspecified atom stereocenters. The Morgan fingerprint density at radius 3 is 2.65 bits per heavy atom. The summed E-state index contributed by atoms with van der Waals surface area (Å²) in [4.78, 5) is 11.7. The average molecular weight is 285 g/mol. The molecular formula is C16H15NO2S. The molecule has 20 heavy (non-hydrogen) atoms. The Kier molecular flexibility index (Phi) is 5.36. The van der Waals surface area contributed by atoms with E-state index < -0.39 is 0 Å². The molecular weight excluding hydrogens is 270 g/mol. The first-order valence-electron chi connectivity index (χ1n) is 6.24. The number of carbonyl (C=O) groups excluding carboxylic acids is 1. The van der Waals surface area contributed by atoms with Crippen molar-refractivity contribution in [3.63, 3.8) is 0 Å². The number of thiophene rings is 1. The highest BCUT2D eigenvalue weighted by Gasteiger charge is 2.03. The minimum absolute atomic E-state index is 0.0209. The molecule has 0 aliphatic rings. The minimum Gasteiger partial charge on any atom is -0.384 e. The lowest BCUT2D eigenvalue weighted by Gasteiger charge is -2.04. The summed E-state index contributed by atoms with van der Waals surface area (Å²) in [6.07, 6.45) is 0.420. The van der Waals surface area contributed by atoms with Gasteiger partial charge >= 0.3 is 0 Å². The zero-order valence-corrected chi connectivity index (χ0v) is 11.7. The number of aliphatic hydroxyl groups excluding tert-OH is 1. The van der Waals surface area contributed by atoms with E-state index in [-0.39, 0.29) is 12.5 Å². The van der Waals surface area contributed by atoms with E-state index in [2.05, 4.69) is 17.2 Å². The second-order valence-electron chi connectivity index (χ2n) is 4.24. The maximum absolute atomic E-state index is 11.7. The van der Waals surface area contributed by atoms with Gasteiger partial charge in [-0.2, -0.15) is 11.3 Å². The molecule has 1 aromatic heterocycles. The van der Waals surface area contributed by atoms with Crippen LogP contribution in [0.2, 0.25) is 0 Å². The first-order chi connectivity index (χ1) is 9.78. The van der Waals surface area contributed by atoms with Gasteiger partial charge in [0.15, 0.2) is 0 Å². The van der Waals surface area contributed by atoms with Crippen LogP contribution in [0.5, 0.6) is 0 Å². The third kappa shape index (κ3) is 4.54. The van der Waals surface area contributed by atoms with Crippen molar-refractivity contribution in [1.29, 1.82) is 0 Å². The maximum Gasteiger partial charge on any atom is 0.224 e. The van der Waals surface area contributed by atoms with Crippen molar-refractivity contribution in [2.75, 3.05) is 6.61 Å². The van der Waals surface area contributed by atoms with E-state index in [1.54, 1.807) is 11.3 Å². The first kappa shape index (κ1) is 14.3. The molecule has 0 atom stereocenters. The van der Waals surface area contributed by atoms with Crippen molar-refractivity contribution in [2.24, 2.45) is 0 Å². The Hall–Kier alpha value is -2.09. The van der Waals surface area contributed by atoms with Gasteiger partial charge < -0.3 is 10.4 Å². The van der Waals surface area contributed by atoms with Crippen molar-refractivity contribution in [1.82, 2.24) is 5.32 Å². The van der Waals surface area contributed by atoms with Crippen LogP contribution in [0.15, 0.2) is 41.1 Å². The van der Waals surface area contributed by atoms with Gasteiger partial charge in [-0.25, -0.2) is 0 Å². The highest BCUT2D eigenvalue weighted by molar-refractivity contribution is 7.07. The van der Waals surface area contributed by atoms with Gasteiger partial charge in [0.05, 0.1) is 6.42 Å². The predicted molar refractivity (Wildman–Crippen MR) is 80.3 cm³/mol. The van der Waals surface area contributed by atoms with E-state index in [9.17, 15) is 4.79 Å². The second-order valence-corrected chi connectivity index (χ2v) is 5.02. The quantitative estimate of drug-likeness (QED) is 0.844. The molecule has 2 N–H and O–H groups in total. The zero-order valence-electron chi connectivity index (χ0n) is 10.9. The van der Waals surface area contributed by atoms with E-state index in [0.717, 1.165) is 16.7 Å². The highest BCUT2D eigenvalue weighted by atomic mass is 32.1. The van der Waals surface area contributed by atoms with Crippen LogP contribution >= 0.6 is 11.3 Å². The van der Waals surface area contributed by atoms with Crippen LogP contribution in [0.3, 0.4) is 0 Å². The van der Waals surface area contributed by atoms with Crippen LogP contribution in [0.25, 0.3) is 0 Å². The molecule has 1 aromatic carbocycles. The van der Waals surface area contributed by atoms with Gasteiger partial charge in [0.1, 0.15) is 6.61 Å². The van der Waals surface area contributed by atoms with E-state index >= 15 is 0 Å². The molecule has 0 aliphatic heterocycles. The number of rotatable bonds is 4. The summed E-state index contributed by atoms with van der Waals surface area (Å²) in [6, 6.07) is 9.56. The number of nitrogens with one attached hydrogen (secondary N) is 1. The molecule has 1 amide bonds. The summed E-state index contributed by atoms with van der Waals surface area (Å²) in [7, 11) is 0. The number of amides is 1. The van der Waals surface area contributed by atoms with E-state index in [1.807, 2.05) is 41.1 Å². The van der Waals surface area contributed by atoms with Gasteiger partial charge in [-0.15, -0.1) is 0 Å². The zero-order chi connectivity index (χ0) is 14.2. The Balaban J connectivity index is 1.83. The number of carbonyl (C=O) groups is 1. The normalized spacial score (nSPS) is 9.65. The molecule has 0 fully saturated rings. The SMILES string of the molecule is O=C(Cc1ccsc1)NCc1ccc(C#CCO)cc1. The van der Waals surface area contributed by atoms with Crippen LogP contribution in [0.4, 0.5) is 0 Å². The third-order valence-electron chi connectivity index (χ3n) is 2.70. The van der Waals surface area contributed by atoms with Crippen molar-refractivity contribution >= 4 is 17.2 Å². The number of hydrogen-bond acceptors (Lipinski definition) is 3. The second kappa shape index (κ2) is 7.49. The molecule has 0 saturated heterocycles. The van der Waals surface area contributed by atoms with E-state index in [0.29, 0.717) is 13.0 Å². The lowest BCUT2D eigenvalue weighted by molar-refractivity contribution is -0.120. The molecule has 0 radical (unpaired) electrons. The molecule has 0 saturated carbocycles. The summed E-state index contributed by atoms with van der Waals surface area (Å²) in [6.45, 7) is 0.372. The fourth-order valence-corrected chi connectivity index (χ4v) is 2.36. The molecule has 0 aliphatic carbocycles. The van der Waals surface area contributed by atoms with E-state index in [1.165, 1.54) is 0 Å². The molecule has 0 spiro atoms. The maximum atomic E-state index is 11.7. The molecule has 1 heterocycles. The smallest absolute Gasteiger partial charge is 0.224 e. The Morgan fingerprint density at radius 2 is 2.00 bits per heavy atom. The van der Waals surface area contributed by atoms with Gasteiger partial charge in [0, 0.05) is 12.1 Å². The lowest BCUT2D eigenvalue weighted by Crippen LogP contribution is -2.24. The average Bonchev–Trinajstić information content (AvgIpc) is 2.97. The topological polar surface area (TPSA) is 49.3 Å². The Morgan fingerprint density at radius 1 is 1.20 bits per heavy atom. The number of benzene rings is 1. The third-order valence-corrected chi connectivity index (χ3v) is 3.43. The fourth-order valence-electron chi connectivity index (χ4n) is 1.69. The van der Waals surface area contributed by atoms with Gasteiger partial charge in [0.25, 0.3) is 0 Å². The van der Waals surface area contributed by atoms with Crippen molar-refractivity contribution in [3.8, 4) is 11.8 Å². The first-order valence-corrected chi connectivity index (χ1v) is 7.18. The molecule has 102 valence electrons. The van der Waals surface area contributed by atoms with Crippen molar-refractivity contribution < 1.29 is 9.90 Å². The lowest BCUT2D eigenvalue weighted by atomic mass is 10.1. The summed E-state index contributed by atoms with van der Waals surface area (Å²) in [5.41, 5.74) is 2.92. The van der Waals surface area contributed by atoms with Gasteiger partial charge in [-0.05, 0) is 40.1 Å². The number of hydrogen-bond donors (Lipinski definition) is 2. The van der Waals surface area contributed by atoms with Gasteiger partial charge in [0.2, 0.25) is 5.91 Å². The van der Waals surface area contributed by atoms with Crippen LogP contribution in [-0.2, 0) is 17.8 Å². The van der Waals surface area contributed by atoms with Gasteiger partial charge in [-0.3, -0.25) is 4.79 Å². The summed E-state index contributed by atoms with van der Waals surface area (Å²) in [5, 5.41) is 15.4. The Labute approximate surface area is 122 Å². The largest absolute Gasteiger partial charge is 0.384 e. The number of aliphatic hydroxyl groups is 1. The highest BCUT2D eigenvalue weighted by Crippen LogP contribution is 2.07. The molecule has 3 nitrogen and oxygen atoms in total. The molecule has 2 rings (SSSR count). The van der Waals surface area contributed by atoms with Crippen LogP contribution < -0.4 is 5.32 Å². The van der Waals surface area contributed by atoms with Gasteiger partial charge in [-0.1, -0.05) is 24.0 Å². The van der Waals surface area contributed by atoms with Crippen LogP contribution in [0, 0.1) is 11.8 Å². The predicted octanol–water partition coefficient (Wildman–Crippen LogP) is 1.95. The monoisotopic (exact) mass is 285 g/mol.